The summed E-state index contributed by atoms with van der Waals surface area (Å²) in [5.41, 5.74) is 8.13. The smallest absolute Gasteiger partial charge is 0.144 e. The SMILES string of the molecule is CCOc1cccc(N(C)C2CCCCCC2)c1N. The van der Waals surface area contributed by atoms with E-state index in [1.807, 2.05) is 19.1 Å². The van der Waals surface area contributed by atoms with E-state index in [1.54, 1.807) is 0 Å². The summed E-state index contributed by atoms with van der Waals surface area (Å²) in [5.74, 6) is 0.806. The number of para-hydroxylation sites is 1. The Balaban J connectivity index is 2.17. The van der Waals surface area contributed by atoms with Crippen LogP contribution in [0.2, 0.25) is 0 Å². The Kier molecular flexibility index (Phi) is 4.94. The summed E-state index contributed by atoms with van der Waals surface area (Å²) < 4.78 is 5.59. The van der Waals surface area contributed by atoms with Gasteiger partial charge in [-0.05, 0) is 31.9 Å². The predicted octanol–water partition coefficient (Wildman–Crippen LogP) is 3.83. The molecule has 0 heterocycles. The van der Waals surface area contributed by atoms with Crippen molar-refractivity contribution in [3.05, 3.63) is 18.2 Å². The molecular formula is C16H26N2O. The molecule has 0 unspecified atom stereocenters. The Morgan fingerprint density at radius 2 is 1.89 bits per heavy atom. The second-order valence-corrected chi connectivity index (χ2v) is 5.38. The third kappa shape index (κ3) is 3.34. The van der Waals surface area contributed by atoms with Crippen molar-refractivity contribution >= 4 is 11.4 Å². The summed E-state index contributed by atoms with van der Waals surface area (Å²) in [4.78, 5) is 2.35. The van der Waals surface area contributed by atoms with Crippen LogP contribution in [0.3, 0.4) is 0 Å². The standard InChI is InChI=1S/C16H26N2O/c1-3-19-15-12-8-11-14(16(15)17)18(2)13-9-6-4-5-7-10-13/h8,11-13H,3-7,9-10,17H2,1-2H3. The first-order chi connectivity index (χ1) is 9.24. The molecule has 1 aromatic carbocycles. The van der Waals surface area contributed by atoms with E-state index in [0.717, 1.165) is 17.1 Å². The fourth-order valence-corrected chi connectivity index (χ4v) is 2.96. The Labute approximate surface area is 116 Å². The minimum absolute atomic E-state index is 0.613. The number of rotatable bonds is 4. The van der Waals surface area contributed by atoms with Crippen molar-refractivity contribution in [2.24, 2.45) is 0 Å². The molecule has 2 N–H and O–H groups in total. The van der Waals surface area contributed by atoms with Gasteiger partial charge < -0.3 is 15.4 Å². The number of ether oxygens (including phenoxy) is 1. The normalized spacial score (nSPS) is 16.9. The van der Waals surface area contributed by atoms with E-state index in [0.29, 0.717) is 12.6 Å². The lowest BCUT2D eigenvalue weighted by atomic mass is 10.1. The monoisotopic (exact) mass is 262 g/mol. The lowest BCUT2D eigenvalue weighted by Crippen LogP contribution is -2.31. The van der Waals surface area contributed by atoms with Crippen molar-refractivity contribution in [3.63, 3.8) is 0 Å². The maximum Gasteiger partial charge on any atom is 0.144 e. The second kappa shape index (κ2) is 6.69. The highest BCUT2D eigenvalue weighted by Gasteiger charge is 2.19. The zero-order chi connectivity index (χ0) is 13.7. The number of hydrogen-bond acceptors (Lipinski definition) is 3. The van der Waals surface area contributed by atoms with E-state index in [9.17, 15) is 0 Å². The minimum atomic E-state index is 0.613. The van der Waals surface area contributed by atoms with Crippen LogP contribution in [0.25, 0.3) is 0 Å². The van der Waals surface area contributed by atoms with Gasteiger partial charge in [-0.3, -0.25) is 0 Å². The first-order valence-corrected chi connectivity index (χ1v) is 7.48. The van der Waals surface area contributed by atoms with E-state index >= 15 is 0 Å². The van der Waals surface area contributed by atoms with E-state index < -0.39 is 0 Å². The Hall–Kier alpha value is -1.38. The highest BCUT2D eigenvalue weighted by molar-refractivity contribution is 5.74. The molecule has 1 saturated carbocycles. The minimum Gasteiger partial charge on any atom is -0.492 e. The summed E-state index contributed by atoms with van der Waals surface area (Å²) in [6, 6.07) is 6.69. The average molecular weight is 262 g/mol. The zero-order valence-electron chi connectivity index (χ0n) is 12.2. The summed E-state index contributed by atoms with van der Waals surface area (Å²) in [7, 11) is 2.16. The van der Waals surface area contributed by atoms with Crippen LogP contribution in [0.15, 0.2) is 18.2 Å². The molecule has 1 aromatic rings. The van der Waals surface area contributed by atoms with Gasteiger partial charge in [0.15, 0.2) is 0 Å². The number of nitrogen functional groups attached to an aromatic ring is 1. The number of hydrogen-bond donors (Lipinski definition) is 1. The van der Waals surface area contributed by atoms with Gasteiger partial charge in [-0.2, -0.15) is 0 Å². The molecule has 0 radical (unpaired) electrons. The molecule has 0 spiro atoms. The van der Waals surface area contributed by atoms with Crippen molar-refractivity contribution in [2.45, 2.75) is 51.5 Å². The van der Waals surface area contributed by atoms with Crippen LogP contribution in [0.4, 0.5) is 11.4 Å². The van der Waals surface area contributed by atoms with Gasteiger partial charge in [0.05, 0.1) is 18.0 Å². The molecular weight excluding hydrogens is 236 g/mol. The summed E-state index contributed by atoms with van der Waals surface area (Å²) >= 11 is 0. The fraction of sp³-hybridized carbons (Fsp3) is 0.625. The number of anilines is 2. The van der Waals surface area contributed by atoms with E-state index in [1.165, 1.54) is 38.5 Å². The molecule has 3 heteroatoms. The average Bonchev–Trinajstić information content (AvgIpc) is 2.69. The highest BCUT2D eigenvalue weighted by atomic mass is 16.5. The van der Waals surface area contributed by atoms with Crippen LogP contribution in [0.5, 0.6) is 5.75 Å². The van der Waals surface area contributed by atoms with E-state index in [4.69, 9.17) is 10.5 Å². The van der Waals surface area contributed by atoms with Crippen LogP contribution in [-0.2, 0) is 0 Å². The van der Waals surface area contributed by atoms with Crippen molar-refractivity contribution in [1.29, 1.82) is 0 Å². The molecule has 0 bridgehead atoms. The Morgan fingerprint density at radius 3 is 2.53 bits per heavy atom. The first kappa shape index (κ1) is 14.0. The zero-order valence-corrected chi connectivity index (χ0v) is 12.2. The van der Waals surface area contributed by atoms with Crippen LogP contribution >= 0.6 is 0 Å². The van der Waals surface area contributed by atoms with Crippen LogP contribution in [0, 0.1) is 0 Å². The fourth-order valence-electron chi connectivity index (χ4n) is 2.96. The second-order valence-electron chi connectivity index (χ2n) is 5.38. The van der Waals surface area contributed by atoms with Gasteiger partial charge in [-0.1, -0.05) is 31.7 Å². The van der Waals surface area contributed by atoms with Crippen molar-refractivity contribution in [1.82, 2.24) is 0 Å². The maximum atomic E-state index is 6.25. The van der Waals surface area contributed by atoms with Gasteiger partial charge in [0, 0.05) is 13.1 Å². The molecule has 19 heavy (non-hydrogen) atoms. The van der Waals surface area contributed by atoms with Crippen molar-refractivity contribution < 1.29 is 4.74 Å². The molecule has 1 aliphatic rings. The molecule has 0 saturated heterocycles. The van der Waals surface area contributed by atoms with Crippen molar-refractivity contribution in [3.8, 4) is 5.75 Å². The molecule has 106 valence electrons. The van der Waals surface area contributed by atoms with E-state index in [2.05, 4.69) is 18.0 Å². The van der Waals surface area contributed by atoms with Gasteiger partial charge >= 0.3 is 0 Å². The molecule has 2 rings (SSSR count). The summed E-state index contributed by atoms with van der Waals surface area (Å²) in [5, 5.41) is 0. The van der Waals surface area contributed by atoms with Gasteiger partial charge in [0.1, 0.15) is 5.75 Å². The molecule has 1 aliphatic carbocycles. The third-order valence-electron chi connectivity index (χ3n) is 4.10. The maximum absolute atomic E-state index is 6.25. The van der Waals surface area contributed by atoms with Gasteiger partial charge in [0.25, 0.3) is 0 Å². The first-order valence-electron chi connectivity index (χ1n) is 7.48. The lowest BCUT2D eigenvalue weighted by Gasteiger charge is -2.30. The summed E-state index contributed by atoms with van der Waals surface area (Å²) in [6.07, 6.45) is 7.96. The van der Waals surface area contributed by atoms with Crippen LogP contribution in [-0.4, -0.2) is 19.7 Å². The Morgan fingerprint density at radius 1 is 1.21 bits per heavy atom. The number of nitrogens with zero attached hydrogens (tertiary/aromatic N) is 1. The lowest BCUT2D eigenvalue weighted by molar-refractivity contribution is 0.342. The topological polar surface area (TPSA) is 38.5 Å². The van der Waals surface area contributed by atoms with Gasteiger partial charge in [-0.15, -0.1) is 0 Å². The number of nitrogens with two attached hydrogens (primary N) is 1. The predicted molar refractivity (Wildman–Crippen MR) is 81.9 cm³/mol. The molecule has 3 nitrogen and oxygen atoms in total. The molecule has 0 aliphatic heterocycles. The molecule has 0 amide bonds. The Bertz CT molecular complexity index is 398. The quantitative estimate of drug-likeness (QED) is 0.662. The molecule has 0 atom stereocenters. The molecule has 0 aromatic heterocycles. The summed E-state index contributed by atoms with van der Waals surface area (Å²) in [6.45, 7) is 2.64. The highest BCUT2D eigenvalue weighted by Crippen LogP contribution is 2.34. The third-order valence-corrected chi connectivity index (χ3v) is 4.10. The molecule has 1 fully saturated rings. The van der Waals surface area contributed by atoms with Gasteiger partial charge in [-0.25, -0.2) is 0 Å². The van der Waals surface area contributed by atoms with Crippen LogP contribution < -0.4 is 15.4 Å². The van der Waals surface area contributed by atoms with Crippen LogP contribution in [0.1, 0.15) is 45.4 Å². The number of benzene rings is 1. The van der Waals surface area contributed by atoms with E-state index in [-0.39, 0.29) is 0 Å². The van der Waals surface area contributed by atoms with Gasteiger partial charge in [0.2, 0.25) is 0 Å². The largest absolute Gasteiger partial charge is 0.492 e. The van der Waals surface area contributed by atoms with Crippen molar-refractivity contribution in [2.75, 3.05) is 24.3 Å².